The van der Waals surface area contributed by atoms with Gasteiger partial charge in [0.1, 0.15) is 0 Å². The summed E-state index contributed by atoms with van der Waals surface area (Å²) in [5.41, 5.74) is 1.16. The van der Waals surface area contributed by atoms with Crippen LogP contribution in [0.5, 0.6) is 0 Å². The normalized spacial score (nSPS) is 23.2. The Balaban J connectivity index is 1.95. The number of hydrogen-bond acceptors (Lipinski definition) is 4. The first-order valence-electron chi connectivity index (χ1n) is 5.45. The molecule has 2 nitrogen and oxygen atoms in total. The van der Waals surface area contributed by atoms with Gasteiger partial charge in [-0.2, -0.15) is 11.8 Å². The lowest BCUT2D eigenvalue weighted by Gasteiger charge is -2.21. The maximum atomic E-state index is 4.54. The minimum absolute atomic E-state index is 0.616. The van der Waals surface area contributed by atoms with Crippen LogP contribution < -0.4 is 5.32 Å². The standard InChI is InChI=1S/C11H18N2S2/c1-8-6-15-11(13-8)5-10(12-2)9-3-4-14-7-9/h6,9-10,12H,3-5,7H2,1-2H3. The number of nitrogens with one attached hydrogen (secondary N) is 1. The molecule has 1 aliphatic heterocycles. The second kappa shape index (κ2) is 5.32. The van der Waals surface area contributed by atoms with Crippen LogP contribution in [0, 0.1) is 12.8 Å². The molecular formula is C11H18N2S2. The Kier molecular flexibility index (Phi) is 4.05. The van der Waals surface area contributed by atoms with Crippen LogP contribution in [0.3, 0.4) is 0 Å². The van der Waals surface area contributed by atoms with Gasteiger partial charge in [-0.05, 0) is 37.8 Å². The van der Waals surface area contributed by atoms with E-state index in [0.717, 1.165) is 18.0 Å². The van der Waals surface area contributed by atoms with Crippen molar-refractivity contribution in [1.82, 2.24) is 10.3 Å². The highest BCUT2D eigenvalue weighted by Gasteiger charge is 2.24. The van der Waals surface area contributed by atoms with Crippen LogP contribution in [0.1, 0.15) is 17.1 Å². The average molecular weight is 242 g/mol. The maximum Gasteiger partial charge on any atom is 0.0943 e. The molecule has 0 aromatic carbocycles. The molecule has 0 bridgehead atoms. The van der Waals surface area contributed by atoms with Crippen LogP contribution in [0.15, 0.2) is 5.38 Å². The lowest BCUT2D eigenvalue weighted by Crippen LogP contribution is -2.35. The van der Waals surface area contributed by atoms with Gasteiger partial charge in [0.2, 0.25) is 0 Å². The van der Waals surface area contributed by atoms with Gasteiger partial charge in [0, 0.05) is 23.5 Å². The number of hydrogen-bond donors (Lipinski definition) is 1. The van der Waals surface area contributed by atoms with Crippen LogP contribution in [0.25, 0.3) is 0 Å². The number of likely N-dealkylation sites (N-methyl/N-ethyl adjacent to an activating group) is 1. The van der Waals surface area contributed by atoms with E-state index in [-0.39, 0.29) is 0 Å². The predicted molar refractivity (Wildman–Crippen MR) is 68.8 cm³/mol. The zero-order chi connectivity index (χ0) is 10.7. The van der Waals surface area contributed by atoms with Crippen LogP contribution in [0.4, 0.5) is 0 Å². The molecule has 1 aromatic rings. The van der Waals surface area contributed by atoms with Crippen molar-refractivity contribution >= 4 is 23.1 Å². The van der Waals surface area contributed by atoms with E-state index in [1.165, 1.54) is 22.9 Å². The number of aromatic nitrogens is 1. The van der Waals surface area contributed by atoms with E-state index >= 15 is 0 Å². The molecular weight excluding hydrogens is 224 g/mol. The van der Waals surface area contributed by atoms with Gasteiger partial charge in [-0.15, -0.1) is 11.3 Å². The van der Waals surface area contributed by atoms with Gasteiger partial charge in [-0.25, -0.2) is 4.98 Å². The van der Waals surface area contributed by atoms with Crippen molar-refractivity contribution in [2.24, 2.45) is 5.92 Å². The molecule has 84 valence electrons. The highest BCUT2D eigenvalue weighted by Crippen LogP contribution is 2.28. The van der Waals surface area contributed by atoms with Crippen molar-refractivity contribution in [1.29, 1.82) is 0 Å². The zero-order valence-electron chi connectivity index (χ0n) is 9.32. The molecule has 2 heterocycles. The average Bonchev–Trinajstić information content (AvgIpc) is 2.85. The molecule has 1 N–H and O–H groups in total. The number of aryl methyl sites for hydroxylation is 1. The first-order chi connectivity index (χ1) is 7.29. The topological polar surface area (TPSA) is 24.9 Å². The predicted octanol–water partition coefficient (Wildman–Crippen LogP) is 2.34. The molecule has 1 aromatic heterocycles. The zero-order valence-corrected chi connectivity index (χ0v) is 11.0. The second-order valence-electron chi connectivity index (χ2n) is 4.11. The summed E-state index contributed by atoms with van der Waals surface area (Å²) < 4.78 is 0. The van der Waals surface area contributed by atoms with Crippen molar-refractivity contribution < 1.29 is 0 Å². The van der Waals surface area contributed by atoms with Gasteiger partial charge in [-0.1, -0.05) is 0 Å². The van der Waals surface area contributed by atoms with E-state index < -0.39 is 0 Å². The van der Waals surface area contributed by atoms with E-state index in [0.29, 0.717) is 6.04 Å². The Morgan fingerprint density at radius 1 is 1.67 bits per heavy atom. The van der Waals surface area contributed by atoms with Crippen molar-refractivity contribution in [3.63, 3.8) is 0 Å². The third-order valence-corrected chi connectivity index (χ3v) is 5.14. The van der Waals surface area contributed by atoms with E-state index in [2.05, 4.69) is 41.4 Å². The molecule has 0 amide bonds. The van der Waals surface area contributed by atoms with Gasteiger partial charge >= 0.3 is 0 Å². The van der Waals surface area contributed by atoms with Gasteiger partial charge in [0.05, 0.1) is 5.01 Å². The quantitative estimate of drug-likeness (QED) is 0.877. The minimum Gasteiger partial charge on any atom is -0.316 e. The fourth-order valence-electron chi connectivity index (χ4n) is 2.06. The monoisotopic (exact) mass is 242 g/mol. The van der Waals surface area contributed by atoms with Crippen LogP contribution >= 0.6 is 23.1 Å². The molecule has 0 saturated carbocycles. The number of thiazole rings is 1. The number of nitrogens with zero attached hydrogens (tertiary/aromatic N) is 1. The third-order valence-electron chi connectivity index (χ3n) is 2.97. The third kappa shape index (κ3) is 2.95. The largest absolute Gasteiger partial charge is 0.316 e. The fourth-order valence-corrected chi connectivity index (χ4v) is 4.23. The summed E-state index contributed by atoms with van der Waals surface area (Å²) >= 11 is 3.88. The summed E-state index contributed by atoms with van der Waals surface area (Å²) in [4.78, 5) is 4.54. The summed E-state index contributed by atoms with van der Waals surface area (Å²) in [5, 5.41) is 6.88. The van der Waals surface area contributed by atoms with Crippen molar-refractivity contribution in [2.45, 2.75) is 25.8 Å². The minimum atomic E-state index is 0.616. The Labute approximate surface area is 99.9 Å². The Morgan fingerprint density at radius 3 is 3.07 bits per heavy atom. The molecule has 1 saturated heterocycles. The second-order valence-corrected chi connectivity index (χ2v) is 6.20. The van der Waals surface area contributed by atoms with Crippen LogP contribution in [0.2, 0.25) is 0 Å². The van der Waals surface area contributed by atoms with Gasteiger partial charge in [0.15, 0.2) is 0 Å². The highest BCUT2D eigenvalue weighted by atomic mass is 32.2. The number of rotatable bonds is 4. The first-order valence-corrected chi connectivity index (χ1v) is 7.49. The van der Waals surface area contributed by atoms with E-state index in [9.17, 15) is 0 Å². The molecule has 2 rings (SSSR count). The molecule has 1 fully saturated rings. The molecule has 15 heavy (non-hydrogen) atoms. The summed E-state index contributed by atoms with van der Waals surface area (Å²) in [6.45, 7) is 2.07. The summed E-state index contributed by atoms with van der Waals surface area (Å²) in [5.74, 6) is 3.49. The Hall–Kier alpha value is -0.0600. The molecule has 1 aliphatic rings. The van der Waals surface area contributed by atoms with E-state index in [4.69, 9.17) is 0 Å². The van der Waals surface area contributed by atoms with Crippen molar-refractivity contribution in [2.75, 3.05) is 18.6 Å². The Morgan fingerprint density at radius 2 is 2.53 bits per heavy atom. The number of thioether (sulfide) groups is 1. The van der Waals surface area contributed by atoms with E-state index in [1.807, 2.05) is 0 Å². The van der Waals surface area contributed by atoms with Crippen molar-refractivity contribution in [3.05, 3.63) is 16.1 Å². The fraction of sp³-hybridized carbons (Fsp3) is 0.727. The Bertz CT molecular complexity index is 305. The summed E-state index contributed by atoms with van der Waals surface area (Å²) in [7, 11) is 2.08. The van der Waals surface area contributed by atoms with Crippen LogP contribution in [-0.4, -0.2) is 29.6 Å². The maximum absolute atomic E-state index is 4.54. The molecule has 0 aliphatic carbocycles. The van der Waals surface area contributed by atoms with Crippen LogP contribution in [-0.2, 0) is 6.42 Å². The molecule has 2 atom stereocenters. The van der Waals surface area contributed by atoms with Crippen molar-refractivity contribution in [3.8, 4) is 0 Å². The molecule has 0 spiro atoms. The molecule has 2 unspecified atom stereocenters. The molecule has 0 radical (unpaired) electrons. The van der Waals surface area contributed by atoms with Gasteiger partial charge in [-0.3, -0.25) is 0 Å². The lowest BCUT2D eigenvalue weighted by atomic mass is 9.97. The van der Waals surface area contributed by atoms with Gasteiger partial charge in [0.25, 0.3) is 0 Å². The van der Waals surface area contributed by atoms with E-state index in [1.54, 1.807) is 11.3 Å². The summed E-state index contributed by atoms with van der Waals surface area (Å²) in [6, 6.07) is 0.616. The summed E-state index contributed by atoms with van der Waals surface area (Å²) in [6.07, 6.45) is 2.46. The lowest BCUT2D eigenvalue weighted by molar-refractivity contribution is 0.403. The SMILES string of the molecule is CNC(Cc1nc(C)cs1)C1CCSC1. The molecule has 4 heteroatoms. The first kappa shape index (κ1) is 11.4. The highest BCUT2D eigenvalue weighted by molar-refractivity contribution is 7.99. The van der Waals surface area contributed by atoms with Gasteiger partial charge < -0.3 is 5.32 Å². The smallest absolute Gasteiger partial charge is 0.0943 e.